The van der Waals surface area contributed by atoms with Gasteiger partial charge >= 0.3 is 6.09 Å². The van der Waals surface area contributed by atoms with Crippen molar-refractivity contribution in [2.75, 3.05) is 13.1 Å². The van der Waals surface area contributed by atoms with Gasteiger partial charge in [0, 0.05) is 27.6 Å². The zero-order valence-corrected chi connectivity index (χ0v) is 10.1. The van der Waals surface area contributed by atoms with E-state index < -0.39 is 14.2 Å². The molecule has 0 unspecified atom stereocenters. The van der Waals surface area contributed by atoms with Gasteiger partial charge in [-0.2, -0.15) is 0 Å². The van der Waals surface area contributed by atoms with Crippen LogP contribution in [0.1, 0.15) is 6.42 Å². The third-order valence-electron chi connectivity index (χ3n) is 1.92. The summed E-state index contributed by atoms with van der Waals surface area (Å²) in [4.78, 5) is 22.2. The zero-order valence-electron chi connectivity index (χ0n) is 9.12. The third-order valence-corrected chi connectivity index (χ3v) is 3.64. The highest BCUT2D eigenvalue weighted by Crippen LogP contribution is 2.09. The predicted molar refractivity (Wildman–Crippen MR) is 58.4 cm³/mol. The molecule has 14 heavy (non-hydrogen) atoms. The smallest absolute Gasteiger partial charge is 0.407 e. The molecule has 0 fully saturated rings. The molecule has 4 nitrogen and oxygen atoms in total. The van der Waals surface area contributed by atoms with Crippen molar-refractivity contribution in [3.05, 3.63) is 0 Å². The number of hydrogen-bond donors (Lipinski definition) is 1. The molecule has 0 saturated carbocycles. The normalized spacial score (nSPS) is 11.1. The maximum absolute atomic E-state index is 10.7. The van der Waals surface area contributed by atoms with Crippen LogP contribution in [0, 0.1) is 0 Å². The van der Waals surface area contributed by atoms with E-state index in [-0.39, 0.29) is 6.42 Å². The molecule has 0 radical (unpaired) electrons. The van der Waals surface area contributed by atoms with Gasteiger partial charge in [0.15, 0.2) is 0 Å². The largest absolute Gasteiger partial charge is 0.465 e. The summed E-state index contributed by atoms with van der Waals surface area (Å²) >= 11 is 0. The molecule has 0 spiro atoms. The van der Waals surface area contributed by atoms with Crippen LogP contribution in [-0.4, -0.2) is 43.5 Å². The lowest BCUT2D eigenvalue weighted by molar-refractivity contribution is -0.108. The molecule has 0 aliphatic heterocycles. The van der Waals surface area contributed by atoms with Gasteiger partial charge in [-0.1, -0.05) is 19.6 Å². The van der Waals surface area contributed by atoms with Crippen molar-refractivity contribution in [2.24, 2.45) is 0 Å². The molecule has 0 bridgehead atoms. The summed E-state index contributed by atoms with van der Waals surface area (Å²) in [5.41, 5.74) is 0. The maximum Gasteiger partial charge on any atom is 0.407 e. The summed E-state index contributed by atoms with van der Waals surface area (Å²) in [6.45, 7) is 7.48. The van der Waals surface area contributed by atoms with Crippen LogP contribution in [0.25, 0.3) is 0 Å². The topological polar surface area (TPSA) is 57.6 Å². The number of rotatable bonds is 6. The van der Waals surface area contributed by atoms with Crippen molar-refractivity contribution in [1.29, 1.82) is 0 Å². The predicted octanol–water partition coefficient (Wildman–Crippen LogP) is 1.89. The standard InChI is InChI=1S/C9H19NO3Si/c1-14(2,3)8-6-10(9(12)13)5-4-7-11/h7H,4-6,8H2,1-3H3,(H,12,13). The summed E-state index contributed by atoms with van der Waals surface area (Å²) in [5.74, 6) is 0. The van der Waals surface area contributed by atoms with Crippen molar-refractivity contribution in [1.82, 2.24) is 4.90 Å². The zero-order chi connectivity index (χ0) is 11.2. The van der Waals surface area contributed by atoms with Crippen LogP contribution < -0.4 is 0 Å². The van der Waals surface area contributed by atoms with Gasteiger partial charge in [0.25, 0.3) is 0 Å². The molecule has 0 rings (SSSR count). The van der Waals surface area contributed by atoms with Crippen molar-refractivity contribution >= 4 is 20.5 Å². The van der Waals surface area contributed by atoms with Crippen LogP contribution in [-0.2, 0) is 4.79 Å². The number of hydrogen-bond acceptors (Lipinski definition) is 2. The Hall–Kier alpha value is -0.843. The van der Waals surface area contributed by atoms with E-state index in [1.807, 2.05) is 0 Å². The first kappa shape index (κ1) is 13.2. The number of amides is 1. The first-order chi connectivity index (χ1) is 6.37. The number of carboxylic acid groups (broad SMARTS) is 1. The molecule has 0 atom stereocenters. The molecule has 0 aromatic rings. The van der Waals surface area contributed by atoms with Crippen LogP contribution in [0.5, 0.6) is 0 Å². The van der Waals surface area contributed by atoms with Gasteiger partial charge in [0.05, 0.1) is 0 Å². The van der Waals surface area contributed by atoms with E-state index in [0.717, 1.165) is 12.3 Å². The third kappa shape index (κ3) is 6.65. The van der Waals surface area contributed by atoms with Crippen LogP contribution >= 0.6 is 0 Å². The van der Waals surface area contributed by atoms with E-state index in [4.69, 9.17) is 5.11 Å². The summed E-state index contributed by atoms with van der Waals surface area (Å²) in [5, 5.41) is 8.82. The molecule has 0 heterocycles. The number of aldehydes is 1. The fourth-order valence-electron chi connectivity index (χ4n) is 0.982. The minimum absolute atomic E-state index is 0.290. The monoisotopic (exact) mass is 217 g/mol. The molecule has 5 heteroatoms. The highest BCUT2D eigenvalue weighted by atomic mass is 28.3. The maximum atomic E-state index is 10.7. The summed E-state index contributed by atoms with van der Waals surface area (Å²) < 4.78 is 0. The van der Waals surface area contributed by atoms with E-state index >= 15 is 0 Å². The average molecular weight is 217 g/mol. The highest BCUT2D eigenvalue weighted by Gasteiger charge is 2.17. The molecule has 0 aromatic heterocycles. The van der Waals surface area contributed by atoms with Crippen molar-refractivity contribution in [2.45, 2.75) is 32.1 Å². The van der Waals surface area contributed by atoms with E-state index in [2.05, 4.69) is 19.6 Å². The lowest BCUT2D eigenvalue weighted by atomic mass is 10.4. The Balaban J connectivity index is 3.97. The molecule has 82 valence electrons. The summed E-state index contributed by atoms with van der Waals surface area (Å²) in [7, 11) is -1.20. The van der Waals surface area contributed by atoms with E-state index in [9.17, 15) is 9.59 Å². The number of carbonyl (C=O) groups is 2. The minimum Gasteiger partial charge on any atom is -0.465 e. The second-order valence-corrected chi connectivity index (χ2v) is 10.2. The minimum atomic E-state index is -1.20. The van der Waals surface area contributed by atoms with Gasteiger partial charge in [-0.3, -0.25) is 0 Å². The molecule has 0 saturated heterocycles. The molecule has 0 aromatic carbocycles. The van der Waals surface area contributed by atoms with Crippen LogP contribution in [0.3, 0.4) is 0 Å². The lowest BCUT2D eigenvalue weighted by Gasteiger charge is -2.22. The van der Waals surface area contributed by atoms with Crippen molar-refractivity contribution in [3.63, 3.8) is 0 Å². The van der Waals surface area contributed by atoms with Gasteiger partial charge < -0.3 is 14.8 Å². The van der Waals surface area contributed by atoms with Crippen molar-refractivity contribution < 1.29 is 14.7 Å². The number of nitrogens with zero attached hydrogens (tertiary/aromatic N) is 1. The Kier molecular flexibility index (Phi) is 5.45. The van der Waals surface area contributed by atoms with Crippen LogP contribution in [0.4, 0.5) is 4.79 Å². The van der Waals surface area contributed by atoms with Gasteiger partial charge in [-0.25, -0.2) is 4.79 Å². The van der Waals surface area contributed by atoms with E-state index in [1.54, 1.807) is 0 Å². The number of carbonyl (C=O) groups excluding carboxylic acids is 1. The first-order valence-corrected chi connectivity index (χ1v) is 8.49. The SMILES string of the molecule is C[Si](C)(C)CCN(CCC=O)C(=O)O. The summed E-state index contributed by atoms with van der Waals surface area (Å²) in [6.07, 6.45) is 0.118. The van der Waals surface area contributed by atoms with Gasteiger partial charge in [0.1, 0.15) is 6.29 Å². The molecular formula is C9H19NO3Si. The van der Waals surface area contributed by atoms with E-state index in [0.29, 0.717) is 13.1 Å². The van der Waals surface area contributed by atoms with Gasteiger partial charge in [0.2, 0.25) is 0 Å². The van der Waals surface area contributed by atoms with Gasteiger partial charge in [-0.15, -0.1) is 0 Å². The Morgan fingerprint density at radius 3 is 2.29 bits per heavy atom. The lowest BCUT2D eigenvalue weighted by Crippen LogP contribution is -2.35. The summed E-state index contributed by atoms with van der Waals surface area (Å²) in [6, 6.07) is 0.943. The highest BCUT2D eigenvalue weighted by molar-refractivity contribution is 6.76. The second-order valence-electron chi connectivity index (χ2n) is 4.54. The fourth-order valence-corrected chi connectivity index (χ4v) is 1.92. The van der Waals surface area contributed by atoms with Crippen LogP contribution in [0.2, 0.25) is 25.7 Å². The molecule has 0 aliphatic carbocycles. The Labute approximate surface area is 85.9 Å². The molecule has 0 aliphatic rings. The molecule has 1 N–H and O–H groups in total. The van der Waals surface area contributed by atoms with E-state index in [1.165, 1.54) is 4.90 Å². The Morgan fingerprint density at radius 1 is 1.36 bits per heavy atom. The Bertz CT molecular complexity index is 201. The van der Waals surface area contributed by atoms with Crippen molar-refractivity contribution in [3.8, 4) is 0 Å². The molecule has 1 amide bonds. The quantitative estimate of drug-likeness (QED) is 0.546. The molecular weight excluding hydrogens is 198 g/mol. The van der Waals surface area contributed by atoms with Crippen LogP contribution in [0.15, 0.2) is 0 Å². The fraction of sp³-hybridized carbons (Fsp3) is 0.778. The first-order valence-electron chi connectivity index (χ1n) is 4.78. The average Bonchev–Trinajstić information content (AvgIpc) is 2.01. The van der Waals surface area contributed by atoms with Gasteiger partial charge in [-0.05, 0) is 6.04 Å². The Morgan fingerprint density at radius 2 is 1.93 bits per heavy atom. The second kappa shape index (κ2) is 5.80.